The van der Waals surface area contributed by atoms with Crippen LogP contribution in [0.4, 0.5) is 4.39 Å². The summed E-state index contributed by atoms with van der Waals surface area (Å²) in [5.74, 6) is 1.74. The van der Waals surface area contributed by atoms with E-state index in [0.29, 0.717) is 18.4 Å². The van der Waals surface area contributed by atoms with Crippen LogP contribution >= 0.6 is 11.8 Å². The van der Waals surface area contributed by atoms with Gasteiger partial charge in [0.15, 0.2) is 11.6 Å². The zero-order chi connectivity index (χ0) is 21.7. The predicted molar refractivity (Wildman–Crippen MR) is 123 cm³/mol. The molecular formula is C24H25FN4O2S. The normalized spacial score (nSPS) is 21.9. The second-order valence-corrected chi connectivity index (χ2v) is 9.93. The molecule has 6 rings (SSSR count). The average molecular weight is 453 g/mol. The fourth-order valence-electron chi connectivity index (χ4n) is 5.32. The lowest BCUT2D eigenvalue weighted by Crippen LogP contribution is -2.30. The number of halogens is 1. The van der Waals surface area contributed by atoms with E-state index in [1.165, 1.54) is 16.5 Å². The smallest absolute Gasteiger partial charge is 0.287 e. The highest BCUT2D eigenvalue weighted by Crippen LogP contribution is 2.36. The van der Waals surface area contributed by atoms with Crippen LogP contribution in [0, 0.1) is 11.7 Å². The van der Waals surface area contributed by atoms with Crippen LogP contribution in [-0.4, -0.2) is 46.6 Å². The zero-order valence-electron chi connectivity index (χ0n) is 17.7. The van der Waals surface area contributed by atoms with Gasteiger partial charge in [-0.1, -0.05) is 30.0 Å². The monoisotopic (exact) mass is 452 g/mol. The van der Waals surface area contributed by atoms with Gasteiger partial charge in [0.25, 0.3) is 5.56 Å². The summed E-state index contributed by atoms with van der Waals surface area (Å²) in [4.78, 5) is 20.5. The van der Waals surface area contributed by atoms with E-state index in [1.54, 1.807) is 16.3 Å². The molecule has 1 aromatic carbocycles. The molecule has 6 nitrogen and oxygen atoms in total. The van der Waals surface area contributed by atoms with E-state index >= 15 is 0 Å². The molecule has 3 aliphatic heterocycles. The van der Waals surface area contributed by atoms with E-state index < -0.39 is 11.4 Å². The molecule has 1 fully saturated rings. The molecule has 0 spiro atoms. The number of likely N-dealkylation sites (tertiary alicyclic amines) is 1. The second kappa shape index (κ2) is 8.17. The Morgan fingerprint density at radius 2 is 2.22 bits per heavy atom. The van der Waals surface area contributed by atoms with Gasteiger partial charge in [-0.25, -0.2) is 4.39 Å². The fourth-order valence-corrected chi connectivity index (χ4v) is 6.10. The summed E-state index contributed by atoms with van der Waals surface area (Å²) in [6, 6.07) is 9.44. The number of ether oxygens (including phenoxy) is 1. The summed E-state index contributed by atoms with van der Waals surface area (Å²) in [5, 5.41) is 4.38. The summed E-state index contributed by atoms with van der Waals surface area (Å²) in [6.07, 6.45) is 2.98. The van der Waals surface area contributed by atoms with Crippen LogP contribution in [0.5, 0.6) is 5.75 Å². The summed E-state index contributed by atoms with van der Waals surface area (Å²) in [5.41, 5.74) is 2.63. The van der Waals surface area contributed by atoms with E-state index in [0.717, 1.165) is 61.5 Å². The molecule has 5 heterocycles. The number of pyridine rings is 2. The predicted octanol–water partition coefficient (Wildman–Crippen LogP) is 3.19. The third kappa shape index (κ3) is 3.60. The van der Waals surface area contributed by atoms with Crippen LogP contribution in [0.3, 0.4) is 0 Å². The van der Waals surface area contributed by atoms with Crippen LogP contribution in [-0.2, 0) is 13.1 Å². The van der Waals surface area contributed by atoms with E-state index in [9.17, 15) is 9.18 Å². The number of hydrogen-bond acceptors (Lipinski definition) is 6. The lowest BCUT2D eigenvalue weighted by molar-refractivity contribution is 0.293. The Labute approximate surface area is 189 Å². The van der Waals surface area contributed by atoms with Crippen molar-refractivity contribution >= 4 is 22.7 Å². The number of aromatic nitrogens is 2. The van der Waals surface area contributed by atoms with Crippen molar-refractivity contribution in [2.45, 2.75) is 30.3 Å². The van der Waals surface area contributed by atoms with Gasteiger partial charge in [0.2, 0.25) is 0 Å². The van der Waals surface area contributed by atoms with Gasteiger partial charge >= 0.3 is 0 Å². The van der Waals surface area contributed by atoms with Gasteiger partial charge < -0.3 is 19.5 Å². The summed E-state index contributed by atoms with van der Waals surface area (Å²) in [6.45, 7) is 5.30. The summed E-state index contributed by atoms with van der Waals surface area (Å²) in [7, 11) is 0. The van der Waals surface area contributed by atoms with Gasteiger partial charge in [-0.2, -0.15) is 0 Å². The first-order valence-electron chi connectivity index (χ1n) is 11.2. The van der Waals surface area contributed by atoms with Crippen LogP contribution in [0.2, 0.25) is 0 Å². The quantitative estimate of drug-likeness (QED) is 0.620. The molecule has 1 N–H and O–H groups in total. The van der Waals surface area contributed by atoms with Crippen molar-refractivity contribution in [1.29, 1.82) is 0 Å². The number of hydrogen-bond donors (Lipinski definition) is 1. The molecule has 2 unspecified atom stereocenters. The maximum Gasteiger partial charge on any atom is 0.287 e. The van der Waals surface area contributed by atoms with Crippen molar-refractivity contribution in [2.75, 3.05) is 32.1 Å². The van der Waals surface area contributed by atoms with Crippen molar-refractivity contribution < 1.29 is 9.13 Å². The van der Waals surface area contributed by atoms with Gasteiger partial charge in [-0.05, 0) is 43.1 Å². The number of nitrogens with one attached hydrogen (secondary N) is 1. The Morgan fingerprint density at radius 1 is 1.28 bits per heavy atom. The van der Waals surface area contributed by atoms with Gasteiger partial charge in [0.05, 0.1) is 22.3 Å². The minimum absolute atomic E-state index is 0.232. The minimum Gasteiger partial charge on any atom is -0.480 e. The van der Waals surface area contributed by atoms with Crippen LogP contribution in [0.25, 0.3) is 10.9 Å². The van der Waals surface area contributed by atoms with Crippen molar-refractivity contribution in [1.82, 2.24) is 19.8 Å². The SMILES string of the molecule is O=c1c(F)cc2cccc3c2n1CC3CN1CCC(CNCc2cc3c(cn2)OCS3)C1. The fraction of sp³-hybridized carbons (Fsp3) is 0.417. The third-order valence-electron chi connectivity index (χ3n) is 6.85. The molecule has 2 aromatic heterocycles. The van der Waals surface area contributed by atoms with Gasteiger partial charge in [0.1, 0.15) is 5.94 Å². The number of rotatable bonds is 6. The first-order valence-corrected chi connectivity index (χ1v) is 12.1. The number of fused-ring (bicyclic) bond motifs is 1. The molecule has 8 heteroatoms. The number of para-hydroxylation sites is 1. The van der Waals surface area contributed by atoms with Crippen molar-refractivity contribution in [3.05, 3.63) is 64.0 Å². The number of thioether (sulfide) groups is 1. The topological polar surface area (TPSA) is 59.4 Å². The summed E-state index contributed by atoms with van der Waals surface area (Å²) < 4.78 is 21.2. The molecule has 3 aliphatic rings. The molecule has 0 radical (unpaired) electrons. The molecule has 0 saturated carbocycles. The molecule has 2 atom stereocenters. The maximum absolute atomic E-state index is 14.0. The lowest BCUT2D eigenvalue weighted by atomic mass is 9.99. The Balaban J connectivity index is 1.05. The number of nitrogens with zero attached hydrogens (tertiary/aromatic N) is 3. The van der Waals surface area contributed by atoms with Gasteiger partial charge in [-0.3, -0.25) is 9.78 Å². The van der Waals surface area contributed by atoms with Gasteiger partial charge in [0, 0.05) is 37.5 Å². The molecule has 0 aliphatic carbocycles. The molecular weight excluding hydrogens is 427 g/mol. The maximum atomic E-state index is 14.0. The summed E-state index contributed by atoms with van der Waals surface area (Å²) >= 11 is 1.71. The first kappa shape index (κ1) is 20.2. The highest BCUT2D eigenvalue weighted by molar-refractivity contribution is 7.99. The molecule has 1 saturated heterocycles. The van der Waals surface area contributed by atoms with E-state index in [2.05, 4.69) is 27.3 Å². The van der Waals surface area contributed by atoms with Crippen molar-refractivity contribution in [3.63, 3.8) is 0 Å². The molecule has 166 valence electrons. The van der Waals surface area contributed by atoms with E-state index in [4.69, 9.17) is 4.74 Å². The van der Waals surface area contributed by atoms with Crippen LogP contribution in [0.15, 0.2) is 46.2 Å². The molecule has 0 amide bonds. The lowest BCUT2D eigenvalue weighted by Gasteiger charge is -2.21. The minimum atomic E-state index is -0.661. The first-order chi connectivity index (χ1) is 15.7. The van der Waals surface area contributed by atoms with E-state index in [-0.39, 0.29) is 5.92 Å². The van der Waals surface area contributed by atoms with Crippen LogP contribution < -0.4 is 15.6 Å². The largest absolute Gasteiger partial charge is 0.480 e. The Kier molecular flexibility index (Phi) is 5.16. The van der Waals surface area contributed by atoms with Crippen molar-refractivity contribution in [2.24, 2.45) is 5.92 Å². The molecule has 3 aromatic rings. The standard InChI is InChI=1S/C24H25FN4O2S/c25-20-6-16-2-1-3-19-17(13-29(23(16)19)24(20)30)12-28-5-4-15(11-28)8-26-9-18-7-22-21(10-27-18)31-14-32-22/h1-3,6-7,10,15,17,26H,4-5,8-9,11-14H2. The number of benzene rings is 1. The zero-order valence-corrected chi connectivity index (χ0v) is 18.5. The third-order valence-corrected chi connectivity index (χ3v) is 7.71. The Hall–Kier alpha value is -2.42. The van der Waals surface area contributed by atoms with Gasteiger partial charge in [-0.15, -0.1) is 0 Å². The van der Waals surface area contributed by atoms with Crippen LogP contribution in [0.1, 0.15) is 23.6 Å². The molecule has 32 heavy (non-hydrogen) atoms. The highest BCUT2D eigenvalue weighted by atomic mass is 32.2. The van der Waals surface area contributed by atoms with Crippen molar-refractivity contribution in [3.8, 4) is 5.75 Å². The van der Waals surface area contributed by atoms with E-state index in [1.807, 2.05) is 18.3 Å². The Bertz CT molecular complexity index is 1250. The highest BCUT2D eigenvalue weighted by Gasteiger charge is 2.30. The average Bonchev–Trinajstić information content (AvgIpc) is 3.52. The second-order valence-electron chi connectivity index (χ2n) is 8.96. The Morgan fingerprint density at radius 3 is 3.16 bits per heavy atom. The molecule has 0 bridgehead atoms.